The molecule has 15 heavy (non-hydrogen) atoms. The Bertz CT molecular complexity index is 351. The monoisotopic (exact) mass is 269 g/mol. The Labute approximate surface area is 98.8 Å². The number of nitrogens with one attached hydrogen (secondary N) is 1. The topological polar surface area (TPSA) is 32.3 Å². The van der Waals surface area contributed by atoms with Gasteiger partial charge in [-0.05, 0) is 53.7 Å². The molecule has 1 atom stereocenters. The summed E-state index contributed by atoms with van der Waals surface area (Å²) < 4.78 is 1.05. The molecule has 1 fully saturated rings. The first-order valence-corrected chi connectivity index (χ1v) is 6.08. The van der Waals surface area contributed by atoms with Gasteiger partial charge in [-0.3, -0.25) is 0 Å². The lowest BCUT2D eigenvalue weighted by Crippen LogP contribution is -2.41. The van der Waals surface area contributed by atoms with E-state index in [0.29, 0.717) is 5.92 Å². The van der Waals surface area contributed by atoms with E-state index in [-0.39, 0.29) is 12.1 Å². The van der Waals surface area contributed by atoms with Gasteiger partial charge >= 0.3 is 0 Å². The number of aliphatic hydroxyl groups excluding tert-OH is 1. The summed E-state index contributed by atoms with van der Waals surface area (Å²) in [5.74, 6) is 0.606. The van der Waals surface area contributed by atoms with Crippen LogP contribution in [-0.2, 0) is 0 Å². The first kappa shape index (κ1) is 11.0. The molecule has 1 aliphatic carbocycles. The maximum atomic E-state index is 9.47. The van der Waals surface area contributed by atoms with Crippen molar-refractivity contribution in [2.45, 2.75) is 25.3 Å². The molecule has 0 aromatic heterocycles. The van der Waals surface area contributed by atoms with Crippen LogP contribution in [0, 0.1) is 5.92 Å². The van der Waals surface area contributed by atoms with E-state index in [9.17, 15) is 5.11 Å². The average Bonchev–Trinajstić information content (AvgIpc) is 3.05. The molecule has 0 saturated heterocycles. The molecule has 0 bridgehead atoms. The van der Waals surface area contributed by atoms with Gasteiger partial charge in [-0.1, -0.05) is 12.1 Å². The van der Waals surface area contributed by atoms with E-state index in [1.165, 1.54) is 12.8 Å². The lowest BCUT2D eigenvalue weighted by molar-refractivity contribution is 0.206. The van der Waals surface area contributed by atoms with Gasteiger partial charge in [-0.15, -0.1) is 0 Å². The Morgan fingerprint density at radius 2 is 2.13 bits per heavy atom. The van der Waals surface area contributed by atoms with Gasteiger partial charge < -0.3 is 10.4 Å². The van der Waals surface area contributed by atoms with Crippen LogP contribution in [0.2, 0.25) is 0 Å². The van der Waals surface area contributed by atoms with Gasteiger partial charge in [0.05, 0.1) is 12.1 Å². The highest BCUT2D eigenvalue weighted by Crippen LogP contribution is 2.41. The minimum absolute atomic E-state index is 0.177. The van der Waals surface area contributed by atoms with Crippen LogP contribution >= 0.6 is 15.9 Å². The van der Waals surface area contributed by atoms with Crippen LogP contribution < -0.4 is 5.32 Å². The van der Waals surface area contributed by atoms with Gasteiger partial charge in [0.15, 0.2) is 0 Å². The number of aliphatic hydroxyl groups is 1. The largest absolute Gasteiger partial charge is 0.394 e. The second-order valence-corrected chi connectivity index (χ2v) is 5.31. The zero-order valence-electron chi connectivity index (χ0n) is 8.83. The van der Waals surface area contributed by atoms with Crippen molar-refractivity contribution in [3.63, 3.8) is 0 Å². The van der Waals surface area contributed by atoms with Crippen LogP contribution in [0.5, 0.6) is 0 Å². The predicted octanol–water partition coefficient (Wildman–Crippen LogP) is 3.02. The van der Waals surface area contributed by atoms with Crippen LogP contribution in [0.3, 0.4) is 0 Å². The molecule has 82 valence electrons. The summed E-state index contributed by atoms with van der Waals surface area (Å²) >= 11 is 3.50. The second kappa shape index (κ2) is 4.14. The third-order valence-electron chi connectivity index (χ3n) is 3.10. The van der Waals surface area contributed by atoms with Gasteiger partial charge in [0.2, 0.25) is 0 Å². The molecule has 0 spiro atoms. The lowest BCUT2D eigenvalue weighted by atomic mass is 9.96. The van der Waals surface area contributed by atoms with Crippen LogP contribution in [0.4, 0.5) is 5.69 Å². The molecule has 2 rings (SSSR count). The number of rotatable bonds is 4. The standard InChI is InChI=1S/C12H16BrNO/c1-12(8-15,9-6-7-9)14-11-5-3-2-4-10(11)13/h2-5,9,14-15H,6-8H2,1H3. The molecule has 1 aromatic carbocycles. The van der Waals surface area contributed by atoms with Crippen molar-refractivity contribution in [2.75, 3.05) is 11.9 Å². The summed E-state index contributed by atoms with van der Waals surface area (Å²) in [6.07, 6.45) is 2.43. The van der Waals surface area contributed by atoms with E-state index in [0.717, 1.165) is 10.2 Å². The maximum Gasteiger partial charge on any atom is 0.0661 e. The van der Waals surface area contributed by atoms with Crippen LogP contribution in [0.1, 0.15) is 19.8 Å². The number of anilines is 1. The van der Waals surface area contributed by atoms with Crippen molar-refractivity contribution in [2.24, 2.45) is 5.92 Å². The first-order chi connectivity index (χ1) is 7.15. The highest BCUT2D eigenvalue weighted by atomic mass is 79.9. The molecule has 0 aliphatic heterocycles. The van der Waals surface area contributed by atoms with E-state index in [2.05, 4.69) is 28.2 Å². The third kappa shape index (κ3) is 2.34. The lowest BCUT2D eigenvalue weighted by Gasteiger charge is -2.30. The number of halogens is 1. The fourth-order valence-corrected chi connectivity index (χ4v) is 2.25. The van der Waals surface area contributed by atoms with Crippen LogP contribution in [0.15, 0.2) is 28.7 Å². The predicted molar refractivity (Wildman–Crippen MR) is 66.0 cm³/mol. The highest BCUT2D eigenvalue weighted by Gasteiger charge is 2.41. The van der Waals surface area contributed by atoms with E-state index < -0.39 is 0 Å². The number of para-hydroxylation sites is 1. The summed E-state index contributed by atoms with van der Waals surface area (Å²) in [4.78, 5) is 0. The van der Waals surface area contributed by atoms with Crippen LogP contribution in [0.25, 0.3) is 0 Å². The smallest absolute Gasteiger partial charge is 0.0661 e. The Kier molecular flexibility index (Phi) is 3.03. The van der Waals surface area contributed by atoms with Gasteiger partial charge in [0, 0.05) is 10.2 Å². The number of hydrogen-bond donors (Lipinski definition) is 2. The summed E-state index contributed by atoms with van der Waals surface area (Å²) in [6, 6.07) is 8.02. The minimum atomic E-state index is -0.177. The molecule has 3 heteroatoms. The molecule has 1 unspecified atom stereocenters. The highest BCUT2D eigenvalue weighted by molar-refractivity contribution is 9.10. The Morgan fingerprint density at radius 3 is 2.67 bits per heavy atom. The normalized spacial score (nSPS) is 19.7. The van der Waals surface area contributed by atoms with Crippen molar-refractivity contribution < 1.29 is 5.11 Å². The third-order valence-corrected chi connectivity index (χ3v) is 3.79. The SMILES string of the molecule is CC(CO)(Nc1ccccc1Br)C1CC1. The van der Waals surface area contributed by atoms with Gasteiger partial charge in [0.1, 0.15) is 0 Å². The summed E-state index contributed by atoms with van der Waals surface area (Å²) in [5.41, 5.74) is 0.880. The summed E-state index contributed by atoms with van der Waals surface area (Å²) in [5, 5.41) is 12.9. The molecular formula is C12H16BrNO. The Morgan fingerprint density at radius 1 is 1.47 bits per heavy atom. The summed E-state index contributed by atoms with van der Waals surface area (Å²) in [6.45, 7) is 2.27. The van der Waals surface area contributed by atoms with Crippen molar-refractivity contribution in [3.05, 3.63) is 28.7 Å². The van der Waals surface area contributed by atoms with E-state index in [1.807, 2.05) is 24.3 Å². The summed E-state index contributed by atoms with van der Waals surface area (Å²) in [7, 11) is 0. The molecule has 0 heterocycles. The zero-order valence-corrected chi connectivity index (χ0v) is 10.4. The molecule has 1 aliphatic rings. The molecule has 0 amide bonds. The maximum absolute atomic E-state index is 9.47. The Balaban J connectivity index is 2.16. The molecule has 1 saturated carbocycles. The number of benzene rings is 1. The van der Waals surface area contributed by atoms with E-state index in [1.54, 1.807) is 0 Å². The second-order valence-electron chi connectivity index (χ2n) is 4.45. The van der Waals surface area contributed by atoms with Crippen molar-refractivity contribution >= 4 is 21.6 Å². The van der Waals surface area contributed by atoms with Crippen molar-refractivity contribution in [3.8, 4) is 0 Å². The quantitative estimate of drug-likeness (QED) is 0.881. The average molecular weight is 270 g/mol. The van der Waals surface area contributed by atoms with Crippen LogP contribution in [-0.4, -0.2) is 17.3 Å². The van der Waals surface area contributed by atoms with Gasteiger partial charge in [-0.2, -0.15) is 0 Å². The Hall–Kier alpha value is -0.540. The molecule has 2 nitrogen and oxygen atoms in total. The fraction of sp³-hybridized carbons (Fsp3) is 0.500. The van der Waals surface area contributed by atoms with Crippen molar-refractivity contribution in [1.82, 2.24) is 0 Å². The number of hydrogen-bond acceptors (Lipinski definition) is 2. The molecular weight excluding hydrogens is 254 g/mol. The van der Waals surface area contributed by atoms with Gasteiger partial charge in [-0.25, -0.2) is 0 Å². The molecule has 0 radical (unpaired) electrons. The molecule has 2 N–H and O–H groups in total. The fourth-order valence-electron chi connectivity index (χ4n) is 1.86. The zero-order chi connectivity index (χ0) is 10.9. The van der Waals surface area contributed by atoms with Crippen molar-refractivity contribution in [1.29, 1.82) is 0 Å². The van der Waals surface area contributed by atoms with Gasteiger partial charge in [0.25, 0.3) is 0 Å². The van der Waals surface area contributed by atoms with E-state index in [4.69, 9.17) is 0 Å². The molecule has 1 aromatic rings. The first-order valence-electron chi connectivity index (χ1n) is 5.29. The van der Waals surface area contributed by atoms with E-state index >= 15 is 0 Å². The minimum Gasteiger partial charge on any atom is -0.394 e.